The van der Waals surface area contributed by atoms with Gasteiger partial charge in [0, 0.05) is 51.5 Å². The normalized spacial score (nSPS) is 18.5. The maximum absolute atomic E-state index is 11.7. The van der Waals surface area contributed by atoms with E-state index in [0.717, 1.165) is 43.1 Å². The Bertz CT molecular complexity index is 562. The van der Waals surface area contributed by atoms with Crippen LogP contribution in [-0.4, -0.2) is 49.9 Å². The van der Waals surface area contributed by atoms with Crippen molar-refractivity contribution >= 4 is 23.2 Å². The van der Waals surface area contributed by atoms with E-state index in [4.69, 9.17) is 0 Å². The molecule has 20 heavy (non-hydrogen) atoms. The van der Waals surface area contributed by atoms with E-state index in [0.29, 0.717) is 6.42 Å². The number of likely N-dealkylation sites (N-methyl/N-ethyl adjacent to an activating group) is 1. The highest BCUT2D eigenvalue weighted by Crippen LogP contribution is 2.31. The summed E-state index contributed by atoms with van der Waals surface area (Å²) in [7, 11) is 1.82. The first kappa shape index (κ1) is 13.0. The van der Waals surface area contributed by atoms with Gasteiger partial charge in [-0.2, -0.15) is 0 Å². The molecule has 0 atom stereocenters. The number of anilines is 2. The van der Waals surface area contributed by atoms with E-state index in [2.05, 4.69) is 17.0 Å². The Morgan fingerprint density at radius 3 is 2.50 bits per heavy atom. The summed E-state index contributed by atoms with van der Waals surface area (Å²) in [5, 5.41) is 0. The second kappa shape index (κ2) is 4.81. The third-order valence-electron chi connectivity index (χ3n) is 4.23. The Morgan fingerprint density at radius 2 is 1.85 bits per heavy atom. The lowest BCUT2D eigenvalue weighted by atomic mass is 10.1. The third kappa shape index (κ3) is 2.13. The van der Waals surface area contributed by atoms with Crippen LogP contribution in [0.5, 0.6) is 0 Å². The molecule has 0 bridgehead atoms. The van der Waals surface area contributed by atoms with Crippen LogP contribution in [0.1, 0.15) is 12.5 Å². The van der Waals surface area contributed by atoms with Crippen molar-refractivity contribution in [1.82, 2.24) is 4.90 Å². The first-order chi connectivity index (χ1) is 9.56. The predicted molar refractivity (Wildman–Crippen MR) is 78.0 cm³/mol. The molecule has 0 saturated carbocycles. The van der Waals surface area contributed by atoms with Crippen molar-refractivity contribution in [3.05, 3.63) is 23.8 Å². The molecule has 5 nitrogen and oxygen atoms in total. The van der Waals surface area contributed by atoms with Gasteiger partial charge in [0.05, 0.1) is 6.42 Å². The fraction of sp³-hybridized carbons (Fsp3) is 0.467. The smallest absolute Gasteiger partial charge is 0.231 e. The first-order valence-electron chi connectivity index (χ1n) is 6.96. The number of hydrogen-bond acceptors (Lipinski definition) is 3. The van der Waals surface area contributed by atoms with E-state index in [1.807, 2.05) is 18.0 Å². The van der Waals surface area contributed by atoms with Crippen molar-refractivity contribution in [2.24, 2.45) is 0 Å². The maximum atomic E-state index is 11.7. The molecule has 5 heteroatoms. The summed E-state index contributed by atoms with van der Waals surface area (Å²) in [6, 6.07) is 6.20. The van der Waals surface area contributed by atoms with Gasteiger partial charge in [0.15, 0.2) is 0 Å². The second-order valence-corrected chi connectivity index (χ2v) is 5.44. The number of hydrogen-bond donors (Lipinski definition) is 0. The zero-order valence-electron chi connectivity index (χ0n) is 11.9. The summed E-state index contributed by atoms with van der Waals surface area (Å²) in [5.74, 6) is 0.296. The summed E-state index contributed by atoms with van der Waals surface area (Å²) in [4.78, 5) is 28.9. The Kier molecular flexibility index (Phi) is 3.12. The van der Waals surface area contributed by atoms with Gasteiger partial charge in [-0.05, 0) is 23.8 Å². The van der Waals surface area contributed by atoms with E-state index >= 15 is 0 Å². The zero-order valence-corrected chi connectivity index (χ0v) is 11.9. The summed E-state index contributed by atoms with van der Waals surface area (Å²) in [6.45, 7) is 4.85. The number of fused-ring (bicyclic) bond motifs is 1. The third-order valence-corrected chi connectivity index (χ3v) is 4.23. The zero-order chi connectivity index (χ0) is 14.3. The van der Waals surface area contributed by atoms with Crippen LogP contribution < -0.4 is 9.80 Å². The summed E-state index contributed by atoms with van der Waals surface area (Å²) < 4.78 is 0. The van der Waals surface area contributed by atoms with Crippen LogP contribution in [0.4, 0.5) is 11.4 Å². The van der Waals surface area contributed by atoms with Crippen molar-refractivity contribution in [1.29, 1.82) is 0 Å². The fourth-order valence-electron chi connectivity index (χ4n) is 2.93. The number of rotatable bonds is 1. The number of amides is 2. The van der Waals surface area contributed by atoms with E-state index in [1.165, 1.54) is 0 Å². The standard InChI is InChI=1S/C15H19N3O2/c1-11(19)17-5-7-18(8-6-17)13-3-4-14-12(9-13)10-15(20)16(14)2/h3-4,9H,5-8,10H2,1-2H3. The minimum atomic E-state index is 0.144. The topological polar surface area (TPSA) is 43.9 Å². The Labute approximate surface area is 118 Å². The van der Waals surface area contributed by atoms with Crippen LogP contribution in [0.15, 0.2) is 18.2 Å². The summed E-state index contributed by atoms with van der Waals surface area (Å²) in [6.07, 6.45) is 0.493. The molecule has 1 aromatic carbocycles. The van der Waals surface area contributed by atoms with Gasteiger partial charge in [0.2, 0.25) is 11.8 Å². The lowest BCUT2D eigenvalue weighted by molar-refractivity contribution is -0.129. The van der Waals surface area contributed by atoms with Gasteiger partial charge >= 0.3 is 0 Å². The van der Waals surface area contributed by atoms with Gasteiger partial charge in [-0.1, -0.05) is 0 Å². The van der Waals surface area contributed by atoms with Gasteiger partial charge in [0.25, 0.3) is 0 Å². The molecule has 1 aromatic rings. The minimum Gasteiger partial charge on any atom is -0.368 e. The monoisotopic (exact) mass is 273 g/mol. The fourth-order valence-corrected chi connectivity index (χ4v) is 2.93. The van der Waals surface area contributed by atoms with Gasteiger partial charge in [-0.3, -0.25) is 9.59 Å². The Balaban J connectivity index is 1.75. The van der Waals surface area contributed by atoms with Crippen molar-refractivity contribution in [2.45, 2.75) is 13.3 Å². The van der Waals surface area contributed by atoms with Crippen molar-refractivity contribution in [3.8, 4) is 0 Å². The average Bonchev–Trinajstić information content (AvgIpc) is 2.74. The van der Waals surface area contributed by atoms with Crippen LogP contribution in [0, 0.1) is 0 Å². The Morgan fingerprint density at radius 1 is 1.15 bits per heavy atom. The molecule has 0 aliphatic carbocycles. The van der Waals surface area contributed by atoms with Crippen molar-refractivity contribution in [3.63, 3.8) is 0 Å². The van der Waals surface area contributed by atoms with Gasteiger partial charge in [0.1, 0.15) is 0 Å². The van der Waals surface area contributed by atoms with E-state index in [1.54, 1.807) is 11.8 Å². The molecular formula is C15H19N3O2. The minimum absolute atomic E-state index is 0.144. The highest BCUT2D eigenvalue weighted by atomic mass is 16.2. The molecule has 106 valence electrons. The molecule has 3 rings (SSSR count). The number of carbonyl (C=O) groups excluding carboxylic acids is 2. The molecule has 2 heterocycles. The van der Waals surface area contributed by atoms with Crippen LogP contribution in [0.25, 0.3) is 0 Å². The van der Waals surface area contributed by atoms with E-state index in [9.17, 15) is 9.59 Å². The average molecular weight is 273 g/mol. The van der Waals surface area contributed by atoms with Gasteiger partial charge in [-0.25, -0.2) is 0 Å². The summed E-state index contributed by atoms with van der Waals surface area (Å²) >= 11 is 0. The molecule has 0 radical (unpaired) electrons. The number of piperazine rings is 1. The second-order valence-electron chi connectivity index (χ2n) is 5.44. The predicted octanol–water partition coefficient (Wildman–Crippen LogP) is 0.874. The molecule has 1 saturated heterocycles. The molecular weight excluding hydrogens is 254 g/mol. The highest BCUT2D eigenvalue weighted by Gasteiger charge is 2.25. The van der Waals surface area contributed by atoms with Gasteiger partial charge in [-0.15, -0.1) is 0 Å². The first-order valence-corrected chi connectivity index (χ1v) is 6.96. The molecule has 2 amide bonds. The number of nitrogens with zero attached hydrogens (tertiary/aromatic N) is 3. The number of carbonyl (C=O) groups is 2. The molecule has 1 fully saturated rings. The largest absolute Gasteiger partial charge is 0.368 e. The molecule has 2 aliphatic heterocycles. The number of benzene rings is 1. The van der Waals surface area contributed by atoms with Crippen LogP contribution >= 0.6 is 0 Å². The van der Waals surface area contributed by atoms with Crippen LogP contribution in [0.2, 0.25) is 0 Å². The lowest BCUT2D eigenvalue weighted by Crippen LogP contribution is -2.48. The van der Waals surface area contributed by atoms with E-state index in [-0.39, 0.29) is 11.8 Å². The van der Waals surface area contributed by atoms with E-state index < -0.39 is 0 Å². The van der Waals surface area contributed by atoms with Gasteiger partial charge < -0.3 is 14.7 Å². The molecule has 0 spiro atoms. The SMILES string of the molecule is CC(=O)N1CCN(c2ccc3c(c2)CC(=O)N3C)CC1. The van der Waals surface area contributed by atoms with Crippen LogP contribution in [-0.2, 0) is 16.0 Å². The molecule has 2 aliphatic rings. The molecule has 0 aromatic heterocycles. The lowest BCUT2D eigenvalue weighted by Gasteiger charge is -2.35. The highest BCUT2D eigenvalue weighted by molar-refractivity contribution is 6.01. The Hall–Kier alpha value is -2.04. The van der Waals surface area contributed by atoms with Crippen LogP contribution in [0.3, 0.4) is 0 Å². The van der Waals surface area contributed by atoms with Crippen molar-refractivity contribution < 1.29 is 9.59 Å². The quantitative estimate of drug-likeness (QED) is 0.763. The summed E-state index contributed by atoms with van der Waals surface area (Å²) in [5.41, 5.74) is 3.26. The van der Waals surface area contributed by atoms with Crippen molar-refractivity contribution in [2.75, 3.05) is 43.0 Å². The molecule has 0 unspecified atom stereocenters. The maximum Gasteiger partial charge on any atom is 0.231 e. The molecule has 0 N–H and O–H groups in total.